The van der Waals surface area contributed by atoms with Crippen LogP contribution in [0.5, 0.6) is 0 Å². The Morgan fingerprint density at radius 3 is 2.56 bits per heavy atom. The van der Waals surface area contributed by atoms with Crippen LogP contribution in [0.15, 0.2) is 30.7 Å². The number of hydrogen-bond donors (Lipinski definition) is 0. The van der Waals surface area contributed by atoms with Crippen molar-refractivity contribution in [2.75, 3.05) is 14.1 Å². The van der Waals surface area contributed by atoms with Gasteiger partial charge in [0.15, 0.2) is 5.65 Å². The highest BCUT2D eigenvalue weighted by Crippen LogP contribution is 2.38. The average Bonchev–Trinajstić information content (AvgIpc) is 3.16. The lowest BCUT2D eigenvalue weighted by Crippen LogP contribution is -2.28. The molecule has 0 atom stereocenters. The smallest absolute Gasteiger partial charge is 0.275 e. The summed E-state index contributed by atoms with van der Waals surface area (Å²) < 4.78 is 29.3. The van der Waals surface area contributed by atoms with E-state index in [1.165, 1.54) is 26.5 Å². The van der Waals surface area contributed by atoms with Gasteiger partial charge in [-0.2, -0.15) is 17.8 Å². The molecule has 0 radical (unpaired) electrons. The fourth-order valence-corrected chi connectivity index (χ4v) is 4.25. The van der Waals surface area contributed by atoms with Gasteiger partial charge in [0, 0.05) is 50.0 Å². The summed E-state index contributed by atoms with van der Waals surface area (Å²) in [5.74, 6) is 0. The first kappa shape index (κ1) is 18.2. The Morgan fingerprint density at radius 1 is 1.11 bits per heavy atom. The van der Waals surface area contributed by atoms with Gasteiger partial charge in [-0.3, -0.25) is 4.68 Å². The number of aromatic nitrogens is 5. The van der Waals surface area contributed by atoms with E-state index in [-0.39, 0.29) is 10.8 Å². The third-order valence-electron chi connectivity index (χ3n) is 4.17. The van der Waals surface area contributed by atoms with Crippen LogP contribution in [0.3, 0.4) is 0 Å². The van der Waals surface area contributed by atoms with E-state index in [2.05, 4.69) is 15.1 Å². The maximum atomic E-state index is 12.7. The molecule has 0 fully saturated rings. The van der Waals surface area contributed by atoms with Gasteiger partial charge in [0.1, 0.15) is 10.7 Å². The third-order valence-corrected chi connectivity index (χ3v) is 6.46. The van der Waals surface area contributed by atoms with E-state index in [9.17, 15) is 8.42 Å². The van der Waals surface area contributed by atoms with Gasteiger partial charge in [0.05, 0.1) is 16.7 Å². The molecule has 140 valence electrons. The van der Waals surface area contributed by atoms with Crippen molar-refractivity contribution in [3.05, 3.63) is 40.9 Å². The molecule has 0 saturated heterocycles. The zero-order chi connectivity index (χ0) is 19.5. The summed E-state index contributed by atoms with van der Waals surface area (Å²) in [4.78, 5) is 8.47. The van der Waals surface area contributed by atoms with Crippen LogP contribution in [0.1, 0.15) is 0 Å². The molecular weight excluding hydrogens is 411 g/mol. The highest BCUT2D eigenvalue weighted by molar-refractivity contribution is 7.87. The Morgan fingerprint density at radius 2 is 1.85 bits per heavy atom. The standard InChI is InChI=1S/C16H14Cl2N6O2S/c1-22(2)27(25,26)24-8-10(15-16(24)20-13(17)6-19-15)9-4-5-12-11(14(9)18)7-23(3)21-12/h4-8H,1-3H3. The van der Waals surface area contributed by atoms with Crippen molar-refractivity contribution < 1.29 is 8.42 Å². The van der Waals surface area contributed by atoms with E-state index in [0.717, 1.165) is 19.2 Å². The predicted molar refractivity (Wildman–Crippen MR) is 105 cm³/mol. The van der Waals surface area contributed by atoms with Gasteiger partial charge in [-0.05, 0) is 6.07 Å². The number of halogens is 2. The molecule has 0 saturated carbocycles. The third kappa shape index (κ3) is 2.78. The fraction of sp³-hybridized carbons (Fsp3) is 0.188. The molecule has 27 heavy (non-hydrogen) atoms. The summed E-state index contributed by atoms with van der Waals surface area (Å²) >= 11 is 12.6. The van der Waals surface area contributed by atoms with Crippen LogP contribution in [-0.2, 0) is 17.3 Å². The van der Waals surface area contributed by atoms with Crippen LogP contribution in [0, 0.1) is 0 Å². The molecule has 0 aliphatic heterocycles. The number of benzene rings is 1. The van der Waals surface area contributed by atoms with E-state index in [1.54, 1.807) is 24.0 Å². The van der Waals surface area contributed by atoms with Gasteiger partial charge in [-0.25, -0.2) is 13.9 Å². The van der Waals surface area contributed by atoms with Crippen molar-refractivity contribution in [2.45, 2.75) is 0 Å². The minimum Gasteiger partial charge on any atom is -0.275 e. The van der Waals surface area contributed by atoms with Crippen molar-refractivity contribution in [3.8, 4) is 11.1 Å². The summed E-state index contributed by atoms with van der Waals surface area (Å²) in [6.07, 6.45) is 4.63. The lowest BCUT2D eigenvalue weighted by Gasteiger charge is -2.12. The monoisotopic (exact) mass is 424 g/mol. The summed E-state index contributed by atoms with van der Waals surface area (Å²) in [6.45, 7) is 0. The summed E-state index contributed by atoms with van der Waals surface area (Å²) in [5.41, 5.74) is 2.43. The van der Waals surface area contributed by atoms with E-state index >= 15 is 0 Å². The zero-order valence-corrected chi connectivity index (χ0v) is 16.9. The average molecular weight is 425 g/mol. The molecule has 0 bridgehead atoms. The van der Waals surface area contributed by atoms with Crippen LogP contribution in [0.4, 0.5) is 0 Å². The van der Waals surface area contributed by atoms with Crippen LogP contribution >= 0.6 is 23.2 Å². The largest absolute Gasteiger partial charge is 0.308 e. The molecule has 1 aromatic carbocycles. The minimum atomic E-state index is -3.83. The van der Waals surface area contributed by atoms with Gasteiger partial charge in [-0.1, -0.05) is 29.3 Å². The van der Waals surface area contributed by atoms with Crippen molar-refractivity contribution in [1.82, 2.24) is 28.0 Å². The van der Waals surface area contributed by atoms with E-state index in [0.29, 0.717) is 21.7 Å². The predicted octanol–water partition coefficient (Wildman–Crippen LogP) is 2.95. The zero-order valence-electron chi connectivity index (χ0n) is 14.6. The van der Waals surface area contributed by atoms with Gasteiger partial charge >= 0.3 is 10.2 Å². The van der Waals surface area contributed by atoms with E-state index < -0.39 is 10.2 Å². The molecule has 0 unspecified atom stereocenters. The number of rotatable bonds is 3. The number of aryl methyl sites for hydroxylation is 1. The van der Waals surface area contributed by atoms with Crippen molar-refractivity contribution in [2.24, 2.45) is 7.05 Å². The van der Waals surface area contributed by atoms with E-state index in [4.69, 9.17) is 23.2 Å². The van der Waals surface area contributed by atoms with Crippen molar-refractivity contribution in [1.29, 1.82) is 0 Å². The second kappa shape index (κ2) is 6.16. The summed E-state index contributed by atoms with van der Waals surface area (Å²) in [5, 5.41) is 5.64. The normalized spacial score (nSPS) is 12.5. The molecule has 8 nitrogen and oxygen atoms in total. The van der Waals surface area contributed by atoms with Crippen LogP contribution in [0.2, 0.25) is 10.2 Å². The lowest BCUT2D eigenvalue weighted by atomic mass is 10.1. The highest BCUT2D eigenvalue weighted by Gasteiger charge is 2.25. The molecule has 0 aliphatic carbocycles. The number of nitrogens with zero attached hydrogens (tertiary/aromatic N) is 6. The lowest BCUT2D eigenvalue weighted by molar-refractivity contribution is 0.512. The van der Waals surface area contributed by atoms with Gasteiger partial charge in [-0.15, -0.1) is 0 Å². The summed E-state index contributed by atoms with van der Waals surface area (Å²) in [7, 11) is 0.851. The maximum absolute atomic E-state index is 12.7. The van der Waals surface area contributed by atoms with Gasteiger partial charge in [0.25, 0.3) is 0 Å². The van der Waals surface area contributed by atoms with Crippen LogP contribution < -0.4 is 0 Å². The molecule has 0 N–H and O–H groups in total. The molecule has 0 amide bonds. The molecule has 11 heteroatoms. The first-order chi connectivity index (χ1) is 12.7. The molecule has 3 heterocycles. The second-order valence-electron chi connectivity index (χ2n) is 6.16. The number of hydrogen-bond acceptors (Lipinski definition) is 5. The molecular formula is C16H14Cl2N6O2S. The number of fused-ring (bicyclic) bond motifs is 2. The Bertz CT molecular complexity index is 1310. The topological polar surface area (TPSA) is 85.9 Å². The molecule has 4 aromatic rings. The molecule has 4 rings (SSSR count). The van der Waals surface area contributed by atoms with E-state index in [1.807, 2.05) is 6.07 Å². The minimum absolute atomic E-state index is 0.0937. The Hall–Kier alpha value is -2.20. The highest BCUT2D eigenvalue weighted by atomic mass is 35.5. The Kier molecular flexibility index (Phi) is 4.15. The molecule has 0 spiro atoms. The molecule has 0 aliphatic rings. The van der Waals surface area contributed by atoms with Crippen LogP contribution in [-0.4, -0.2) is 50.5 Å². The fourth-order valence-electron chi connectivity index (χ4n) is 2.88. The van der Waals surface area contributed by atoms with Gasteiger partial charge in [0.2, 0.25) is 0 Å². The van der Waals surface area contributed by atoms with Gasteiger partial charge < -0.3 is 0 Å². The second-order valence-corrected chi connectivity index (χ2v) is 8.94. The quantitative estimate of drug-likeness (QED) is 0.504. The molecule has 3 aromatic heterocycles. The van der Waals surface area contributed by atoms with Crippen molar-refractivity contribution in [3.63, 3.8) is 0 Å². The summed E-state index contributed by atoms with van der Waals surface area (Å²) in [6, 6.07) is 3.61. The maximum Gasteiger partial charge on any atom is 0.308 e. The Balaban J connectivity index is 2.08. The first-order valence-corrected chi connectivity index (χ1v) is 9.94. The van der Waals surface area contributed by atoms with Crippen molar-refractivity contribution >= 4 is 55.5 Å². The van der Waals surface area contributed by atoms with Crippen LogP contribution in [0.25, 0.3) is 33.2 Å². The SMILES string of the molecule is CN(C)S(=O)(=O)n1cc(-c2ccc3nn(C)cc3c2Cl)c2ncc(Cl)nc21. The first-order valence-electron chi connectivity index (χ1n) is 7.79. The Labute approximate surface area is 165 Å².